The van der Waals surface area contributed by atoms with Gasteiger partial charge >= 0.3 is 6.09 Å². The van der Waals surface area contributed by atoms with Gasteiger partial charge in [-0.25, -0.2) is 4.79 Å². The quantitative estimate of drug-likeness (QED) is 0.799. The van der Waals surface area contributed by atoms with Gasteiger partial charge in [0.2, 0.25) is 5.91 Å². The number of fused-ring (bicyclic) bond motifs is 1. The van der Waals surface area contributed by atoms with Crippen molar-refractivity contribution in [3.05, 3.63) is 48.3 Å². The van der Waals surface area contributed by atoms with E-state index in [4.69, 9.17) is 9.47 Å². The molecule has 1 aliphatic carbocycles. The van der Waals surface area contributed by atoms with Gasteiger partial charge in [-0.1, -0.05) is 18.2 Å². The Morgan fingerprint density at radius 3 is 2.55 bits per heavy atom. The molecule has 8 heteroatoms. The summed E-state index contributed by atoms with van der Waals surface area (Å²) in [5.74, 6) is 0.354. The van der Waals surface area contributed by atoms with Crippen LogP contribution in [0.15, 0.2) is 42.6 Å². The van der Waals surface area contributed by atoms with Crippen LogP contribution in [0.4, 0.5) is 10.5 Å². The van der Waals surface area contributed by atoms with Gasteiger partial charge in [-0.15, -0.1) is 0 Å². The van der Waals surface area contributed by atoms with Gasteiger partial charge in [0.1, 0.15) is 11.5 Å². The number of carbonyl (C=O) groups excluding carboxylic acids is 2. The van der Waals surface area contributed by atoms with E-state index in [1.807, 2.05) is 36.4 Å². The standard InChI is InChI=1S/C23H22N4O4/c1-14(28)25-9-18-10-27(22(29)31-18)17-5-2-15(3-6-17)16-4-7-21(26-8-16)23(13-24)19-11-30-12-20(19)23/h2-8,18-20H,9-12H2,1H3,(H,25,28)/t18-,19-,20+,23?/m0/s1. The molecular formula is C23H22N4O4. The lowest BCUT2D eigenvalue weighted by Gasteiger charge is -2.14. The third-order valence-corrected chi connectivity index (χ3v) is 6.48. The Labute approximate surface area is 179 Å². The van der Waals surface area contributed by atoms with Crippen molar-refractivity contribution < 1.29 is 19.1 Å². The Hall–Kier alpha value is -3.44. The number of nitriles is 1. The molecule has 31 heavy (non-hydrogen) atoms. The zero-order valence-corrected chi connectivity index (χ0v) is 17.1. The predicted octanol–water partition coefficient (Wildman–Crippen LogP) is 2.25. The van der Waals surface area contributed by atoms with Crippen LogP contribution in [-0.4, -0.2) is 49.4 Å². The van der Waals surface area contributed by atoms with E-state index in [-0.39, 0.29) is 23.8 Å². The highest BCUT2D eigenvalue weighted by Crippen LogP contribution is 2.62. The lowest BCUT2D eigenvalue weighted by molar-refractivity contribution is -0.119. The highest BCUT2D eigenvalue weighted by Gasteiger charge is 2.70. The van der Waals surface area contributed by atoms with Crippen LogP contribution in [0.5, 0.6) is 0 Å². The molecule has 3 heterocycles. The highest BCUT2D eigenvalue weighted by atomic mass is 16.6. The first-order valence-electron chi connectivity index (χ1n) is 10.3. The Bertz CT molecular complexity index is 1050. The van der Waals surface area contributed by atoms with E-state index in [0.717, 1.165) is 22.5 Å². The number of nitrogens with zero attached hydrogens (tertiary/aromatic N) is 3. The second-order valence-electron chi connectivity index (χ2n) is 8.26. The van der Waals surface area contributed by atoms with Crippen LogP contribution in [0, 0.1) is 23.2 Å². The summed E-state index contributed by atoms with van der Waals surface area (Å²) >= 11 is 0. The first-order chi connectivity index (χ1) is 15.0. The first kappa shape index (κ1) is 19.5. The fourth-order valence-electron chi connectivity index (χ4n) is 4.70. The third-order valence-electron chi connectivity index (χ3n) is 6.48. The maximum absolute atomic E-state index is 12.2. The molecule has 1 aromatic heterocycles. The van der Waals surface area contributed by atoms with E-state index in [1.165, 1.54) is 6.92 Å². The normalized spacial score (nSPS) is 28.6. The number of hydrogen-bond acceptors (Lipinski definition) is 6. The number of aromatic nitrogens is 1. The van der Waals surface area contributed by atoms with Gasteiger partial charge in [0.25, 0.3) is 0 Å². The summed E-state index contributed by atoms with van der Waals surface area (Å²) in [6.07, 6.45) is 1.01. The molecule has 0 radical (unpaired) electrons. The van der Waals surface area contributed by atoms with Crippen molar-refractivity contribution in [2.75, 3.05) is 31.2 Å². The molecule has 3 aliphatic rings. The molecule has 8 nitrogen and oxygen atoms in total. The van der Waals surface area contributed by atoms with E-state index < -0.39 is 11.5 Å². The van der Waals surface area contributed by atoms with Gasteiger partial charge in [-0.2, -0.15) is 5.26 Å². The number of ether oxygens (including phenoxy) is 2. The van der Waals surface area contributed by atoms with E-state index in [2.05, 4.69) is 16.4 Å². The molecule has 158 valence electrons. The molecule has 2 aliphatic heterocycles. The van der Waals surface area contributed by atoms with Crippen LogP contribution in [0.3, 0.4) is 0 Å². The molecular weight excluding hydrogens is 396 g/mol. The number of amides is 2. The smallest absolute Gasteiger partial charge is 0.414 e. The minimum Gasteiger partial charge on any atom is -0.442 e. The largest absolute Gasteiger partial charge is 0.442 e. The maximum Gasteiger partial charge on any atom is 0.414 e. The van der Waals surface area contributed by atoms with Gasteiger partial charge in [-0.3, -0.25) is 14.7 Å². The van der Waals surface area contributed by atoms with Crippen molar-refractivity contribution in [3.63, 3.8) is 0 Å². The Kier molecular flexibility index (Phi) is 4.63. The van der Waals surface area contributed by atoms with E-state index in [1.54, 1.807) is 11.1 Å². The molecule has 2 amide bonds. The fraction of sp³-hybridized carbons (Fsp3) is 0.391. The monoisotopic (exact) mass is 418 g/mol. The minimum absolute atomic E-state index is 0.155. The van der Waals surface area contributed by atoms with Gasteiger partial charge in [-0.05, 0) is 23.8 Å². The summed E-state index contributed by atoms with van der Waals surface area (Å²) < 4.78 is 10.7. The fourth-order valence-corrected chi connectivity index (χ4v) is 4.70. The molecule has 0 bridgehead atoms. The lowest BCUT2D eigenvalue weighted by atomic mass is 9.96. The second kappa shape index (κ2) is 7.36. The SMILES string of the molecule is CC(=O)NC[C@H]1CN(c2ccc(-c3ccc(C4(C#N)[C@@H]5COC[C@@H]54)nc3)cc2)C(=O)O1. The molecule has 1 saturated carbocycles. The number of pyridine rings is 1. The van der Waals surface area contributed by atoms with Crippen molar-refractivity contribution in [1.29, 1.82) is 5.26 Å². The number of nitrogens with one attached hydrogen (secondary N) is 1. The van der Waals surface area contributed by atoms with Crippen molar-refractivity contribution >= 4 is 17.7 Å². The van der Waals surface area contributed by atoms with Crippen molar-refractivity contribution in [2.24, 2.45) is 11.8 Å². The summed E-state index contributed by atoms with van der Waals surface area (Å²) in [5, 5.41) is 12.4. The summed E-state index contributed by atoms with van der Waals surface area (Å²) in [7, 11) is 0. The van der Waals surface area contributed by atoms with Crippen molar-refractivity contribution in [1.82, 2.24) is 10.3 Å². The summed E-state index contributed by atoms with van der Waals surface area (Å²) in [4.78, 5) is 29.4. The Morgan fingerprint density at radius 1 is 1.23 bits per heavy atom. The molecule has 2 aromatic rings. The van der Waals surface area contributed by atoms with E-state index in [9.17, 15) is 14.9 Å². The maximum atomic E-state index is 12.2. The zero-order chi connectivity index (χ0) is 21.6. The zero-order valence-electron chi connectivity index (χ0n) is 17.1. The number of hydrogen-bond donors (Lipinski definition) is 1. The summed E-state index contributed by atoms with van der Waals surface area (Å²) in [6, 6.07) is 14.0. The van der Waals surface area contributed by atoms with Gasteiger partial charge in [0.15, 0.2) is 0 Å². The van der Waals surface area contributed by atoms with Crippen LogP contribution in [0.1, 0.15) is 12.6 Å². The lowest BCUT2D eigenvalue weighted by Crippen LogP contribution is -2.33. The topological polar surface area (TPSA) is 105 Å². The van der Waals surface area contributed by atoms with Gasteiger partial charge in [0, 0.05) is 36.2 Å². The average molecular weight is 418 g/mol. The van der Waals surface area contributed by atoms with Crippen LogP contribution in [0.25, 0.3) is 11.1 Å². The van der Waals surface area contributed by atoms with E-state index in [0.29, 0.717) is 26.3 Å². The van der Waals surface area contributed by atoms with Gasteiger partial charge in [0.05, 0.1) is 38.1 Å². The number of cyclic esters (lactones) is 1. The number of carbonyl (C=O) groups is 2. The third kappa shape index (κ3) is 3.22. The highest BCUT2D eigenvalue weighted by molar-refractivity contribution is 5.90. The minimum atomic E-state index is -0.495. The van der Waals surface area contributed by atoms with Crippen LogP contribution >= 0.6 is 0 Å². The predicted molar refractivity (Wildman–Crippen MR) is 111 cm³/mol. The number of anilines is 1. The van der Waals surface area contributed by atoms with Crippen molar-refractivity contribution in [3.8, 4) is 17.2 Å². The summed E-state index contributed by atoms with van der Waals surface area (Å²) in [5.41, 5.74) is 2.97. The van der Waals surface area contributed by atoms with Crippen LogP contribution < -0.4 is 10.2 Å². The summed E-state index contributed by atoms with van der Waals surface area (Å²) in [6.45, 7) is 3.38. The molecule has 4 atom stereocenters. The Balaban J connectivity index is 1.28. The average Bonchev–Trinajstić information content (AvgIpc) is 3.09. The molecule has 0 spiro atoms. The van der Waals surface area contributed by atoms with Gasteiger partial charge < -0.3 is 14.8 Å². The molecule has 1 N–H and O–H groups in total. The van der Waals surface area contributed by atoms with E-state index >= 15 is 0 Å². The second-order valence-corrected chi connectivity index (χ2v) is 8.26. The molecule has 5 rings (SSSR count). The van der Waals surface area contributed by atoms with Crippen LogP contribution in [-0.2, 0) is 19.7 Å². The molecule has 2 saturated heterocycles. The van der Waals surface area contributed by atoms with Crippen LogP contribution in [0.2, 0.25) is 0 Å². The molecule has 1 aromatic carbocycles. The number of rotatable bonds is 5. The molecule has 3 fully saturated rings. The first-order valence-corrected chi connectivity index (χ1v) is 10.3. The number of benzene rings is 1. The Morgan fingerprint density at radius 2 is 1.94 bits per heavy atom. The van der Waals surface area contributed by atoms with Crippen molar-refractivity contribution in [2.45, 2.75) is 18.4 Å². The molecule has 1 unspecified atom stereocenters.